The van der Waals surface area contributed by atoms with Crippen LogP contribution in [0.1, 0.15) is 33.1 Å². The zero-order chi connectivity index (χ0) is 12.4. The van der Waals surface area contributed by atoms with Crippen LogP contribution in [0.15, 0.2) is 0 Å². The molecule has 94 valence electrons. The van der Waals surface area contributed by atoms with Gasteiger partial charge in [0.1, 0.15) is 0 Å². The van der Waals surface area contributed by atoms with E-state index in [-0.39, 0.29) is 17.6 Å². The molecule has 0 spiro atoms. The first kappa shape index (κ1) is 13.4. The molecule has 0 aliphatic carbocycles. The molecule has 1 fully saturated rings. The van der Waals surface area contributed by atoms with E-state index in [1.165, 1.54) is 4.31 Å². The number of carbonyl (C=O) groups is 1. The number of rotatable bonds is 4. The van der Waals surface area contributed by atoms with Crippen LogP contribution in [0.3, 0.4) is 0 Å². The zero-order valence-electron chi connectivity index (χ0n) is 9.77. The molecule has 0 aromatic carbocycles. The van der Waals surface area contributed by atoms with E-state index in [1.54, 1.807) is 0 Å². The molecule has 0 aromatic rings. The maximum Gasteiger partial charge on any atom is 0.304 e. The molecule has 6 heteroatoms. The number of aliphatic carboxylic acids is 1. The minimum absolute atomic E-state index is 0.00541. The third kappa shape index (κ3) is 3.75. The Morgan fingerprint density at radius 2 is 2.06 bits per heavy atom. The molecule has 0 radical (unpaired) electrons. The van der Waals surface area contributed by atoms with E-state index in [4.69, 9.17) is 5.11 Å². The van der Waals surface area contributed by atoms with E-state index in [0.29, 0.717) is 13.1 Å². The average Bonchev–Trinajstić information content (AvgIpc) is 2.13. The standard InChI is InChI=1S/C10H19NO4S/c1-10(2)5-3-6-11(8-10)16(14,15)7-4-9(12)13/h3-8H2,1-2H3,(H,12,13). The van der Waals surface area contributed by atoms with Crippen molar-refractivity contribution in [2.24, 2.45) is 5.41 Å². The zero-order valence-corrected chi connectivity index (χ0v) is 10.6. The Labute approximate surface area is 96.5 Å². The maximum absolute atomic E-state index is 11.8. The third-order valence-corrected chi connectivity index (χ3v) is 4.65. The molecule has 1 aliphatic heterocycles. The lowest BCUT2D eigenvalue weighted by molar-refractivity contribution is -0.136. The summed E-state index contributed by atoms with van der Waals surface area (Å²) in [6.45, 7) is 5.08. The van der Waals surface area contributed by atoms with Crippen LogP contribution >= 0.6 is 0 Å². The molecule has 1 saturated heterocycles. The van der Waals surface area contributed by atoms with Crippen LogP contribution < -0.4 is 0 Å². The van der Waals surface area contributed by atoms with Gasteiger partial charge >= 0.3 is 5.97 Å². The lowest BCUT2D eigenvalue weighted by Gasteiger charge is -2.37. The van der Waals surface area contributed by atoms with Gasteiger partial charge in [-0.25, -0.2) is 12.7 Å². The molecule has 1 heterocycles. The fraction of sp³-hybridized carbons (Fsp3) is 0.900. The average molecular weight is 249 g/mol. The molecule has 0 bridgehead atoms. The summed E-state index contributed by atoms with van der Waals surface area (Å²) in [5.41, 5.74) is -0.00541. The number of sulfonamides is 1. The predicted octanol–water partition coefficient (Wildman–Crippen LogP) is 0.913. The fourth-order valence-corrected chi connectivity index (χ4v) is 3.60. The smallest absolute Gasteiger partial charge is 0.304 e. The topological polar surface area (TPSA) is 74.7 Å². The predicted molar refractivity (Wildman–Crippen MR) is 60.6 cm³/mol. The molecule has 1 rings (SSSR count). The van der Waals surface area contributed by atoms with Crippen molar-refractivity contribution in [2.45, 2.75) is 33.1 Å². The van der Waals surface area contributed by atoms with E-state index in [0.717, 1.165) is 12.8 Å². The second-order valence-electron chi connectivity index (χ2n) is 5.06. The van der Waals surface area contributed by atoms with Gasteiger partial charge in [0, 0.05) is 13.1 Å². The van der Waals surface area contributed by atoms with Crippen molar-refractivity contribution in [3.63, 3.8) is 0 Å². The molecular formula is C10H19NO4S. The van der Waals surface area contributed by atoms with E-state index in [2.05, 4.69) is 0 Å². The SMILES string of the molecule is CC1(C)CCCN(S(=O)(=O)CCC(=O)O)C1. The number of piperidine rings is 1. The van der Waals surface area contributed by atoms with Crippen LogP contribution in [-0.2, 0) is 14.8 Å². The lowest BCUT2D eigenvalue weighted by Crippen LogP contribution is -2.44. The van der Waals surface area contributed by atoms with E-state index >= 15 is 0 Å². The van der Waals surface area contributed by atoms with Crippen LogP contribution in [0.4, 0.5) is 0 Å². The van der Waals surface area contributed by atoms with Gasteiger partial charge in [0.05, 0.1) is 12.2 Å². The van der Waals surface area contributed by atoms with E-state index in [9.17, 15) is 13.2 Å². The molecule has 0 saturated carbocycles. The Morgan fingerprint density at radius 1 is 1.44 bits per heavy atom. The van der Waals surface area contributed by atoms with Gasteiger partial charge in [-0.1, -0.05) is 13.8 Å². The first-order chi connectivity index (χ1) is 7.23. The monoisotopic (exact) mass is 249 g/mol. The molecule has 0 atom stereocenters. The third-order valence-electron chi connectivity index (χ3n) is 2.83. The Bertz CT molecular complexity index is 361. The second kappa shape index (κ2) is 4.71. The molecule has 5 nitrogen and oxygen atoms in total. The van der Waals surface area contributed by atoms with Crippen molar-refractivity contribution in [3.05, 3.63) is 0 Å². The van der Waals surface area contributed by atoms with Gasteiger partial charge in [-0.05, 0) is 18.3 Å². The molecule has 0 amide bonds. The molecular weight excluding hydrogens is 230 g/mol. The minimum Gasteiger partial charge on any atom is -0.481 e. The Kier molecular flexibility index (Phi) is 3.96. The van der Waals surface area contributed by atoms with Crippen LogP contribution in [0, 0.1) is 5.41 Å². The summed E-state index contributed by atoms with van der Waals surface area (Å²) in [6, 6.07) is 0. The van der Waals surface area contributed by atoms with Gasteiger partial charge in [-0.3, -0.25) is 4.79 Å². The Morgan fingerprint density at radius 3 is 2.56 bits per heavy atom. The van der Waals surface area contributed by atoms with Crippen LogP contribution in [0.25, 0.3) is 0 Å². The minimum atomic E-state index is -3.40. The summed E-state index contributed by atoms with van der Waals surface area (Å²) < 4.78 is 25.1. The van der Waals surface area contributed by atoms with Crippen molar-refractivity contribution in [1.82, 2.24) is 4.31 Å². The number of hydrogen-bond acceptors (Lipinski definition) is 3. The number of carboxylic acid groups (broad SMARTS) is 1. The quantitative estimate of drug-likeness (QED) is 0.803. The highest BCUT2D eigenvalue weighted by Crippen LogP contribution is 2.29. The van der Waals surface area contributed by atoms with Gasteiger partial charge < -0.3 is 5.11 Å². The number of carboxylic acids is 1. The normalized spacial score (nSPS) is 21.9. The van der Waals surface area contributed by atoms with Crippen LogP contribution in [-0.4, -0.2) is 42.6 Å². The summed E-state index contributed by atoms with van der Waals surface area (Å²) in [6.07, 6.45) is 1.54. The number of nitrogens with zero attached hydrogens (tertiary/aromatic N) is 1. The molecule has 0 unspecified atom stereocenters. The van der Waals surface area contributed by atoms with E-state index < -0.39 is 16.0 Å². The summed E-state index contributed by atoms with van der Waals surface area (Å²) in [7, 11) is -3.40. The van der Waals surface area contributed by atoms with E-state index in [1.807, 2.05) is 13.8 Å². The van der Waals surface area contributed by atoms with Crippen molar-refractivity contribution in [1.29, 1.82) is 0 Å². The lowest BCUT2D eigenvalue weighted by atomic mass is 9.85. The van der Waals surface area contributed by atoms with Crippen molar-refractivity contribution < 1.29 is 18.3 Å². The van der Waals surface area contributed by atoms with Crippen molar-refractivity contribution in [3.8, 4) is 0 Å². The largest absolute Gasteiger partial charge is 0.481 e. The maximum atomic E-state index is 11.8. The highest BCUT2D eigenvalue weighted by Gasteiger charge is 2.33. The highest BCUT2D eigenvalue weighted by atomic mass is 32.2. The van der Waals surface area contributed by atoms with Gasteiger partial charge in [0.25, 0.3) is 0 Å². The summed E-state index contributed by atoms with van der Waals surface area (Å²) in [5.74, 6) is -1.36. The fourth-order valence-electron chi connectivity index (χ4n) is 1.95. The van der Waals surface area contributed by atoms with Crippen molar-refractivity contribution >= 4 is 16.0 Å². The number of hydrogen-bond donors (Lipinski definition) is 1. The Balaban J connectivity index is 2.65. The van der Waals surface area contributed by atoms with Gasteiger partial charge in [0.15, 0.2) is 0 Å². The first-order valence-electron chi connectivity index (χ1n) is 5.43. The van der Waals surface area contributed by atoms with Gasteiger partial charge in [0.2, 0.25) is 10.0 Å². The molecule has 1 N–H and O–H groups in total. The summed E-state index contributed by atoms with van der Waals surface area (Å²) in [5, 5.41) is 8.49. The molecule has 1 aliphatic rings. The molecule has 0 aromatic heterocycles. The van der Waals surface area contributed by atoms with Gasteiger partial charge in [-0.2, -0.15) is 0 Å². The Hall–Kier alpha value is -0.620. The van der Waals surface area contributed by atoms with Crippen LogP contribution in [0.2, 0.25) is 0 Å². The molecule has 16 heavy (non-hydrogen) atoms. The summed E-state index contributed by atoms with van der Waals surface area (Å²) >= 11 is 0. The first-order valence-corrected chi connectivity index (χ1v) is 7.03. The van der Waals surface area contributed by atoms with Crippen molar-refractivity contribution in [2.75, 3.05) is 18.8 Å². The van der Waals surface area contributed by atoms with Crippen LogP contribution in [0.5, 0.6) is 0 Å². The van der Waals surface area contributed by atoms with Gasteiger partial charge in [-0.15, -0.1) is 0 Å². The summed E-state index contributed by atoms with van der Waals surface area (Å²) in [4.78, 5) is 10.4. The highest BCUT2D eigenvalue weighted by molar-refractivity contribution is 7.89. The second-order valence-corrected chi connectivity index (χ2v) is 7.15.